The first-order chi connectivity index (χ1) is 8.56. The molecule has 0 amide bonds. The summed E-state index contributed by atoms with van der Waals surface area (Å²) in [5, 5.41) is 1.74. The van der Waals surface area contributed by atoms with Crippen molar-refractivity contribution < 1.29 is 14.3 Å². The Morgan fingerprint density at radius 1 is 1.06 bits per heavy atom. The molecule has 2 aromatic rings. The average Bonchev–Trinajstić information content (AvgIpc) is 2.35. The quantitative estimate of drug-likeness (QED) is 0.776. The zero-order chi connectivity index (χ0) is 13.3. The molecule has 0 atom stereocenters. The van der Waals surface area contributed by atoms with E-state index >= 15 is 0 Å². The van der Waals surface area contributed by atoms with Crippen molar-refractivity contribution in [3.8, 4) is 5.75 Å². The number of fused-ring (bicyclic) bond motifs is 1. The van der Waals surface area contributed by atoms with Crippen molar-refractivity contribution in [2.75, 3.05) is 7.11 Å². The normalized spacial score (nSPS) is 10.4. The molecule has 0 unspecified atom stereocenters. The first-order valence-corrected chi connectivity index (χ1v) is 5.68. The fourth-order valence-electron chi connectivity index (χ4n) is 2.15. The van der Waals surface area contributed by atoms with Crippen LogP contribution in [0.2, 0.25) is 0 Å². The minimum absolute atomic E-state index is 0.135. The van der Waals surface area contributed by atoms with Crippen molar-refractivity contribution >= 4 is 22.3 Å². The highest BCUT2D eigenvalue weighted by Crippen LogP contribution is 2.33. The summed E-state index contributed by atoms with van der Waals surface area (Å²) in [6.07, 6.45) is 0. The number of Topliss-reactive ketones (excluding diaryl/α,β-unsaturated/α-hetero) is 2. The van der Waals surface area contributed by atoms with Crippen LogP contribution in [0.15, 0.2) is 30.3 Å². The molecular formula is C15H14O3. The first kappa shape index (κ1) is 12.3. The van der Waals surface area contributed by atoms with Crippen LogP contribution >= 0.6 is 0 Å². The highest BCUT2D eigenvalue weighted by molar-refractivity contribution is 6.13. The number of hydrogen-bond acceptors (Lipinski definition) is 3. The predicted octanol–water partition coefficient (Wildman–Crippen LogP) is 3.25. The van der Waals surface area contributed by atoms with Crippen LogP contribution in [0.1, 0.15) is 34.6 Å². The Morgan fingerprint density at radius 3 is 2.28 bits per heavy atom. The second-order valence-corrected chi connectivity index (χ2v) is 4.17. The molecule has 3 heteroatoms. The van der Waals surface area contributed by atoms with Gasteiger partial charge in [-0.05, 0) is 25.3 Å². The molecule has 2 rings (SSSR count). The van der Waals surface area contributed by atoms with Crippen LogP contribution in [0.5, 0.6) is 5.75 Å². The standard InChI is InChI=1S/C15H14O3/c1-9(16)13-8-11-6-4-5-7-12(11)15(18-3)14(13)10(2)17/h4-8H,1-3H3. The molecule has 3 nitrogen and oxygen atoms in total. The molecule has 0 saturated carbocycles. The molecule has 0 heterocycles. The summed E-state index contributed by atoms with van der Waals surface area (Å²) >= 11 is 0. The SMILES string of the molecule is COc1c(C(C)=O)c(C(C)=O)cc2ccccc12. The number of ketones is 2. The predicted molar refractivity (Wildman–Crippen MR) is 70.5 cm³/mol. The lowest BCUT2D eigenvalue weighted by Crippen LogP contribution is -2.07. The van der Waals surface area contributed by atoms with Gasteiger partial charge in [0.05, 0.1) is 12.7 Å². The second kappa shape index (κ2) is 4.61. The molecule has 0 radical (unpaired) electrons. The van der Waals surface area contributed by atoms with Crippen LogP contribution in [0.4, 0.5) is 0 Å². The van der Waals surface area contributed by atoms with Gasteiger partial charge in [-0.3, -0.25) is 9.59 Å². The van der Waals surface area contributed by atoms with Gasteiger partial charge in [-0.15, -0.1) is 0 Å². The molecular weight excluding hydrogens is 228 g/mol. The van der Waals surface area contributed by atoms with Crippen molar-refractivity contribution in [3.63, 3.8) is 0 Å². The molecule has 0 aliphatic carbocycles. The zero-order valence-electron chi connectivity index (χ0n) is 10.6. The van der Waals surface area contributed by atoms with Crippen LogP contribution in [0, 0.1) is 0 Å². The number of carbonyl (C=O) groups excluding carboxylic acids is 2. The van der Waals surface area contributed by atoms with Gasteiger partial charge in [0.25, 0.3) is 0 Å². The minimum atomic E-state index is -0.164. The summed E-state index contributed by atoms with van der Waals surface area (Å²) in [7, 11) is 1.51. The van der Waals surface area contributed by atoms with E-state index in [9.17, 15) is 9.59 Å². The smallest absolute Gasteiger partial charge is 0.164 e. The summed E-state index contributed by atoms with van der Waals surface area (Å²) < 4.78 is 5.34. The van der Waals surface area contributed by atoms with Gasteiger partial charge < -0.3 is 4.74 Å². The summed E-state index contributed by atoms with van der Waals surface area (Å²) in [6.45, 7) is 2.90. The summed E-state index contributed by atoms with van der Waals surface area (Å²) in [5.74, 6) is 0.179. The van der Waals surface area contributed by atoms with Crippen molar-refractivity contribution in [1.82, 2.24) is 0 Å². The van der Waals surface area contributed by atoms with E-state index in [4.69, 9.17) is 4.74 Å². The summed E-state index contributed by atoms with van der Waals surface area (Å²) in [5.41, 5.74) is 0.779. The molecule has 0 bridgehead atoms. The molecule has 0 aromatic heterocycles. The van der Waals surface area contributed by atoms with Gasteiger partial charge in [0.15, 0.2) is 11.6 Å². The zero-order valence-corrected chi connectivity index (χ0v) is 10.6. The first-order valence-electron chi connectivity index (χ1n) is 5.68. The number of benzene rings is 2. The lowest BCUT2D eigenvalue weighted by atomic mass is 9.95. The molecule has 0 aliphatic rings. The Balaban J connectivity index is 2.96. The van der Waals surface area contributed by atoms with Crippen molar-refractivity contribution in [2.45, 2.75) is 13.8 Å². The Hall–Kier alpha value is -2.16. The van der Waals surface area contributed by atoms with Gasteiger partial charge in [0.2, 0.25) is 0 Å². The molecule has 18 heavy (non-hydrogen) atoms. The molecule has 0 spiro atoms. The van der Waals surface area contributed by atoms with Gasteiger partial charge >= 0.3 is 0 Å². The maximum atomic E-state index is 11.8. The number of methoxy groups -OCH3 is 1. The van der Waals surface area contributed by atoms with Gasteiger partial charge in [0.1, 0.15) is 5.75 Å². The van der Waals surface area contributed by atoms with Gasteiger partial charge in [0, 0.05) is 10.9 Å². The van der Waals surface area contributed by atoms with E-state index in [0.717, 1.165) is 10.8 Å². The van der Waals surface area contributed by atoms with Crippen LogP contribution < -0.4 is 4.74 Å². The molecule has 2 aromatic carbocycles. The van der Waals surface area contributed by atoms with Crippen LogP contribution in [0.25, 0.3) is 10.8 Å². The second-order valence-electron chi connectivity index (χ2n) is 4.17. The van der Waals surface area contributed by atoms with E-state index in [1.165, 1.54) is 21.0 Å². The lowest BCUT2D eigenvalue weighted by molar-refractivity contribution is 0.0978. The summed E-state index contributed by atoms with van der Waals surface area (Å²) in [6, 6.07) is 9.29. The van der Waals surface area contributed by atoms with E-state index in [1.54, 1.807) is 6.07 Å². The third kappa shape index (κ3) is 1.88. The highest BCUT2D eigenvalue weighted by atomic mass is 16.5. The van der Waals surface area contributed by atoms with Gasteiger partial charge in [-0.2, -0.15) is 0 Å². The fraction of sp³-hybridized carbons (Fsp3) is 0.200. The fourth-order valence-corrected chi connectivity index (χ4v) is 2.15. The monoisotopic (exact) mass is 242 g/mol. The minimum Gasteiger partial charge on any atom is -0.495 e. The molecule has 0 aliphatic heterocycles. The third-order valence-electron chi connectivity index (χ3n) is 2.94. The molecule has 92 valence electrons. The van der Waals surface area contributed by atoms with Crippen LogP contribution in [-0.4, -0.2) is 18.7 Å². The van der Waals surface area contributed by atoms with E-state index in [1.807, 2.05) is 24.3 Å². The highest BCUT2D eigenvalue weighted by Gasteiger charge is 2.19. The largest absolute Gasteiger partial charge is 0.495 e. The Labute approximate surface area is 105 Å². The van der Waals surface area contributed by atoms with Crippen molar-refractivity contribution in [2.24, 2.45) is 0 Å². The number of ether oxygens (including phenoxy) is 1. The Bertz CT molecular complexity index is 641. The van der Waals surface area contributed by atoms with Gasteiger partial charge in [-0.25, -0.2) is 0 Å². The van der Waals surface area contributed by atoms with E-state index in [-0.39, 0.29) is 11.6 Å². The molecule has 0 N–H and O–H groups in total. The topological polar surface area (TPSA) is 43.4 Å². The number of carbonyl (C=O) groups is 2. The number of hydrogen-bond donors (Lipinski definition) is 0. The third-order valence-corrected chi connectivity index (χ3v) is 2.94. The van der Waals surface area contributed by atoms with E-state index in [0.29, 0.717) is 16.9 Å². The van der Waals surface area contributed by atoms with E-state index in [2.05, 4.69) is 0 Å². The Morgan fingerprint density at radius 2 is 1.72 bits per heavy atom. The maximum absolute atomic E-state index is 11.8. The van der Waals surface area contributed by atoms with Gasteiger partial charge in [-0.1, -0.05) is 24.3 Å². The average molecular weight is 242 g/mol. The lowest BCUT2D eigenvalue weighted by Gasteiger charge is -2.13. The Kier molecular flexibility index (Phi) is 3.15. The van der Waals surface area contributed by atoms with Crippen LogP contribution in [-0.2, 0) is 0 Å². The summed E-state index contributed by atoms with van der Waals surface area (Å²) in [4.78, 5) is 23.4. The van der Waals surface area contributed by atoms with Crippen molar-refractivity contribution in [3.05, 3.63) is 41.5 Å². The van der Waals surface area contributed by atoms with E-state index < -0.39 is 0 Å². The molecule has 0 fully saturated rings. The number of rotatable bonds is 3. The maximum Gasteiger partial charge on any atom is 0.164 e. The van der Waals surface area contributed by atoms with Crippen LogP contribution in [0.3, 0.4) is 0 Å². The van der Waals surface area contributed by atoms with Crippen molar-refractivity contribution in [1.29, 1.82) is 0 Å². The molecule has 0 saturated heterocycles.